The topological polar surface area (TPSA) is 97.7 Å². The lowest BCUT2D eigenvalue weighted by Gasteiger charge is -2.64. The molecule has 2 heterocycles. The van der Waals surface area contributed by atoms with E-state index in [2.05, 4.69) is 69.9 Å². The summed E-state index contributed by atoms with van der Waals surface area (Å²) in [5, 5.41) is 23.7. The molecule has 0 amide bonds. The number of nitrogens with zero attached hydrogens (tertiary/aromatic N) is 1. The smallest absolute Gasteiger partial charge is 0.303 e. The summed E-state index contributed by atoms with van der Waals surface area (Å²) in [6.07, 6.45) is 6.66. The van der Waals surface area contributed by atoms with Gasteiger partial charge in [-0.2, -0.15) is 0 Å². The van der Waals surface area contributed by atoms with E-state index in [0.717, 1.165) is 38.9 Å². The van der Waals surface area contributed by atoms with Gasteiger partial charge in [0, 0.05) is 32.0 Å². The molecule has 5 aliphatic carbocycles. The van der Waals surface area contributed by atoms with E-state index in [1.165, 1.54) is 38.2 Å². The summed E-state index contributed by atoms with van der Waals surface area (Å²) in [6, 6.07) is 10.7. The molecule has 1 aromatic carbocycles. The van der Waals surface area contributed by atoms with Crippen molar-refractivity contribution in [3.8, 4) is 0 Å². The highest BCUT2D eigenvalue weighted by Gasteiger charge is 2.84. The molecule has 2 saturated heterocycles. The van der Waals surface area contributed by atoms with E-state index in [0.29, 0.717) is 30.3 Å². The van der Waals surface area contributed by atoms with Crippen LogP contribution in [0.2, 0.25) is 0 Å². The second-order valence-electron chi connectivity index (χ2n) is 19.9. The summed E-state index contributed by atoms with van der Waals surface area (Å²) in [5.74, 6) is 1.10. The molecule has 0 bridgehead atoms. The lowest BCUT2D eigenvalue weighted by atomic mass is 9.41. The van der Waals surface area contributed by atoms with Crippen LogP contribution in [0.15, 0.2) is 30.3 Å². The molecule has 8 nitrogen and oxygen atoms in total. The Morgan fingerprint density at radius 2 is 1.75 bits per heavy atom. The van der Waals surface area contributed by atoms with Crippen LogP contribution in [0.5, 0.6) is 0 Å². The van der Waals surface area contributed by atoms with Crippen molar-refractivity contribution >= 4 is 5.97 Å². The van der Waals surface area contributed by atoms with E-state index in [4.69, 9.17) is 18.9 Å². The van der Waals surface area contributed by atoms with Crippen LogP contribution in [0, 0.1) is 50.7 Å². The number of carbonyl (C=O) groups excluding carboxylic acids is 1. The van der Waals surface area contributed by atoms with Gasteiger partial charge < -0.3 is 29.2 Å². The van der Waals surface area contributed by atoms with E-state index in [9.17, 15) is 15.0 Å². The van der Waals surface area contributed by atoms with Gasteiger partial charge in [0.1, 0.15) is 0 Å². The van der Waals surface area contributed by atoms with Gasteiger partial charge in [-0.1, -0.05) is 65.0 Å². The highest BCUT2D eigenvalue weighted by molar-refractivity contribution is 5.66. The van der Waals surface area contributed by atoms with E-state index >= 15 is 0 Å². The molecule has 0 aromatic heterocycles. The molecule has 2 N–H and O–H groups in total. The molecular weight excluding hydrogens is 642 g/mol. The number of benzene rings is 1. The van der Waals surface area contributed by atoms with Gasteiger partial charge in [0.05, 0.1) is 36.6 Å². The van der Waals surface area contributed by atoms with Crippen LogP contribution in [0.3, 0.4) is 0 Å². The zero-order valence-electron chi connectivity index (χ0n) is 32.5. The number of aliphatic hydroxyl groups excluding tert-OH is 1. The van der Waals surface area contributed by atoms with Crippen molar-refractivity contribution in [2.75, 3.05) is 19.7 Å². The molecule has 1 aromatic rings. The molecule has 2 aliphatic heterocycles. The Kier molecular flexibility index (Phi) is 8.73. The largest absolute Gasteiger partial charge is 0.457 e. The van der Waals surface area contributed by atoms with E-state index in [1.807, 2.05) is 0 Å². The Labute approximate surface area is 306 Å². The fourth-order valence-corrected chi connectivity index (χ4v) is 14.5. The van der Waals surface area contributed by atoms with Crippen LogP contribution in [0.25, 0.3) is 0 Å². The SMILES string of the molecule is CC(=O)O[C@@H]([C@H]1CC(C)C2[C@H](O1)[C@H](O)[C@@]1(C)[C@@H]3CC[C@H]4C(C)(C)[C@@H](O[C@H]5CN(Cc6ccccc6)CCO5)CC[C@@]45C[C@@]35CC[C@]21C)C(C)(C)O. The van der Waals surface area contributed by atoms with Gasteiger partial charge in [-0.3, -0.25) is 9.69 Å². The Morgan fingerprint density at radius 1 is 1.04 bits per heavy atom. The van der Waals surface area contributed by atoms with E-state index in [1.54, 1.807) is 13.8 Å². The second-order valence-corrected chi connectivity index (χ2v) is 19.9. The fraction of sp³-hybridized carbons (Fsp3) is 0.837. The molecule has 8 rings (SSSR count). The predicted octanol–water partition coefficient (Wildman–Crippen LogP) is 6.75. The quantitative estimate of drug-likeness (QED) is 0.301. The van der Waals surface area contributed by atoms with Gasteiger partial charge in [0.15, 0.2) is 12.4 Å². The molecule has 8 heteroatoms. The average molecular weight is 708 g/mol. The molecule has 284 valence electrons. The average Bonchev–Trinajstić information content (AvgIpc) is 3.70. The summed E-state index contributed by atoms with van der Waals surface area (Å²) in [6.45, 7) is 20.3. The normalized spacial score (nSPS) is 47.9. The lowest BCUT2D eigenvalue weighted by molar-refractivity contribution is -0.249. The van der Waals surface area contributed by atoms with Gasteiger partial charge in [0.2, 0.25) is 0 Å². The van der Waals surface area contributed by atoms with Crippen molar-refractivity contribution in [3.63, 3.8) is 0 Å². The Bertz CT molecular complexity index is 1480. The maximum Gasteiger partial charge on any atom is 0.303 e. The van der Waals surface area contributed by atoms with Crippen LogP contribution in [-0.4, -0.2) is 83.2 Å². The summed E-state index contributed by atoms with van der Waals surface area (Å²) >= 11 is 0. The first-order valence-corrected chi connectivity index (χ1v) is 20.2. The van der Waals surface area contributed by atoms with Crippen molar-refractivity contribution in [1.29, 1.82) is 0 Å². The minimum absolute atomic E-state index is 0.0371. The van der Waals surface area contributed by atoms with Crippen LogP contribution in [0.1, 0.15) is 112 Å². The van der Waals surface area contributed by atoms with Crippen molar-refractivity contribution in [3.05, 3.63) is 35.9 Å². The van der Waals surface area contributed by atoms with Gasteiger partial charge in [0.25, 0.3) is 0 Å². The summed E-state index contributed by atoms with van der Waals surface area (Å²) in [5.41, 5.74) is 0.341. The van der Waals surface area contributed by atoms with Gasteiger partial charge in [-0.05, 0) is 116 Å². The predicted molar refractivity (Wildman–Crippen MR) is 194 cm³/mol. The maximum absolute atomic E-state index is 12.6. The zero-order chi connectivity index (χ0) is 36.4. The first-order chi connectivity index (χ1) is 24.0. The second kappa shape index (κ2) is 12.2. The highest BCUT2D eigenvalue weighted by atomic mass is 16.7. The van der Waals surface area contributed by atoms with Crippen LogP contribution in [-0.2, 0) is 30.3 Å². The fourth-order valence-electron chi connectivity index (χ4n) is 14.5. The third-order valence-electron chi connectivity index (χ3n) is 16.8. The van der Waals surface area contributed by atoms with Crippen LogP contribution in [0.4, 0.5) is 0 Å². The third kappa shape index (κ3) is 5.30. The first-order valence-electron chi connectivity index (χ1n) is 20.2. The zero-order valence-corrected chi connectivity index (χ0v) is 32.5. The van der Waals surface area contributed by atoms with Gasteiger partial charge >= 0.3 is 5.97 Å². The monoisotopic (exact) mass is 707 g/mol. The number of esters is 1. The number of aliphatic hydroxyl groups is 2. The summed E-state index contributed by atoms with van der Waals surface area (Å²) in [4.78, 5) is 14.6. The molecule has 7 aliphatic rings. The highest BCUT2D eigenvalue weighted by Crippen LogP contribution is 2.89. The molecule has 2 spiro atoms. The summed E-state index contributed by atoms with van der Waals surface area (Å²) < 4.78 is 25.8. The van der Waals surface area contributed by atoms with Crippen molar-refractivity contribution < 1.29 is 34.0 Å². The Balaban J connectivity index is 1.00. The number of morpholine rings is 1. The van der Waals surface area contributed by atoms with Crippen LogP contribution >= 0.6 is 0 Å². The number of carbonyl (C=O) groups is 1. The number of fused-ring (bicyclic) bond motifs is 4. The number of rotatable bonds is 7. The summed E-state index contributed by atoms with van der Waals surface area (Å²) in [7, 11) is 0. The van der Waals surface area contributed by atoms with E-state index in [-0.39, 0.29) is 52.0 Å². The van der Waals surface area contributed by atoms with E-state index < -0.39 is 29.9 Å². The molecule has 0 radical (unpaired) electrons. The molecule has 14 atom stereocenters. The molecule has 7 fully saturated rings. The maximum atomic E-state index is 12.6. The minimum atomic E-state index is -1.25. The Hall–Kier alpha value is -1.55. The molecule has 2 unspecified atom stereocenters. The number of hydrogen-bond donors (Lipinski definition) is 2. The number of hydrogen-bond acceptors (Lipinski definition) is 8. The van der Waals surface area contributed by atoms with Crippen LogP contribution < -0.4 is 0 Å². The van der Waals surface area contributed by atoms with Crippen molar-refractivity contribution in [1.82, 2.24) is 4.90 Å². The van der Waals surface area contributed by atoms with Gasteiger partial charge in [-0.15, -0.1) is 0 Å². The number of ether oxygens (including phenoxy) is 4. The first kappa shape index (κ1) is 36.4. The Morgan fingerprint density at radius 3 is 2.45 bits per heavy atom. The minimum Gasteiger partial charge on any atom is -0.457 e. The van der Waals surface area contributed by atoms with Crippen molar-refractivity contribution in [2.45, 2.75) is 156 Å². The lowest BCUT2D eigenvalue weighted by Crippen LogP contribution is -2.60. The standard InChI is InChI=1S/C43H65NO7/c1-26-22-29(37(39(5,6)47)49-27(2)45)50-35-34(26)40(7)18-19-43-25-42(43)17-16-32(38(3,4)30(42)14-15-31(43)41(40,8)36(35)46)51-33-24-44(20-21-48-33)23-28-12-10-9-11-13-28/h9-13,26,29-37,46-47H,14-25H2,1-8H3/t26?,29-,30+,31+,32+,33+,34?,35+,36+,37+,40-,41-,42-,43+/m1/s1. The molecular formula is C43H65NO7. The van der Waals surface area contributed by atoms with Crippen molar-refractivity contribution in [2.24, 2.45) is 50.7 Å². The molecule has 5 saturated carbocycles. The third-order valence-corrected chi connectivity index (χ3v) is 16.8. The van der Waals surface area contributed by atoms with Gasteiger partial charge in [-0.25, -0.2) is 0 Å². The molecule has 51 heavy (non-hydrogen) atoms.